The zero-order chi connectivity index (χ0) is 22.2. The number of aromatic nitrogens is 3. The predicted octanol–water partition coefficient (Wildman–Crippen LogP) is 4.50. The fraction of sp³-hybridized carbons (Fsp3) is 0.304. The van der Waals surface area contributed by atoms with Gasteiger partial charge in [-0.15, -0.1) is 22.0 Å². The highest BCUT2D eigenvalue weighted by Crippen LogP contribution is 2.36. The van der Waals surface area contributed by atoms with Gasteiger partial charge in [0.2, 0.25) is 5.91 Å². The average molecular weight is 452 g/mol. The molecule has 0 spiro atoms. The monoisotopic (exact) mass is 451 g/mol. The van der Waals surface area contributed by atoms with Crippen molar-refractivity contribution in [1.29, 1.82) is 0 Å². The van der Waals surface area contributed by atoms with Crippen LogP contribution in [0.15, 0.2) is 41.3 Å². The molecule has 0 bridgehead atoms. The topological polar surface area (TPSA) is 88.9 Å². The van der Waals surface area contributed by atoms with Crippen LogP contribution in [0, 0.1) is 5.82 Å². The summed E-state index contributed by atoms with van der Waals surface area (Å²) in [6, 6.07) is 9.64. The van der Waals surface area contributed by atoms with Crippen molar-refractivity contribution in [3.8, 4) is 11.4 Å². The second-order valence-corrected chi connectivity index (χ2v) is 9.39. The van der Waals surface area contributed by atoms with E-state index in [1.54, 1.807) is 18.2 Å². The standard InChI is InChI=1S/C23H22FN5O2S/c1-13-22(30)26-18-11-14(6-9-19(18)32-13)23(31)25-15-7-8-17(24)16(12-15)21-28-27-20-5-3-2-4-10-29(20)21/h6-9,11-13H,2-5,10H2,1H3,(H,25,31)(H,26,30). The lowest BCUT2D eigenvalue weighted by molar-refractivity contribution is -0.115. The minimum Gasteiger partial charge on any atom is -0.324 e. The van der Waals surface area contributed by atoms with Crippen LogP contribution in [-0.4, -0.2) is 31.8 Å². The van der Waals surface area contributed by atoms with E-state index in [1.807, 2.05) is 17.6 Å². The molecule has 32 heavy (non-hydrogen) atoms. The van der Waals surface area contributed by atoms with Gasteiger partial charge in [-0.3, -0.25) is 9.59 Å². The molecule has 2 aromatic carbocycles. The summed E-state index contributed by atoms with van der Waals surface area (Å²) in [5.74, 6) is 0.511. The molecule has 0 fully saturated rings. The van der Waals surface area contributed by atoms with Gasteiger partial charge in [-0.2, -0.15) is 0 Å². The lowest BCUT2D eigenvalue weighted by Gasteiger charge is -2.21. The van der Waals surface area contributed by atoms with Gasteiger partial charge in [-0.05, 0) is 56.2 Å². The summed E-state index contributed by atoms with van der Waals surface area (Å²) < 4.78 is 16.7. The lowest BCUT2D eigenvalue weighted by Crippen LogP contribution is -2.26. The number of anilines is 2. The smallest absolute Gasteiger partial charge is 0.255 e. The van der Waals surface area contributed by atoms with Crippen molar-refractivity contribution in [1.82, 2.24) is 14.8 Å². The number of nitrogens with zero attached hydrogens (tertiary/aromatic N) is 3. The van der Waals surface area contributed by atoms with E-state index in [2.05, 4.69) is 20.8 Å². The van der Waals surface area contributed by atoms with Crippen molar-refractivity contribution in [2.45, 2.75) is 49.3 Å². The average Bonchev–Trinajstić information content (AvgIpc) is 3.03. The van der Waals surface area contributed by atoms with Crippen LogP contribution in [-0.2, 0) is 17.8 Å². The summed E-state index contributed by atoms with van der Waals surface area (Å²) in [4.78, 5) is 25.7. The van der Waals surface area contributed by atoms with Crippen molar-refractivity contribution in [3.05, 3.63) is 53.6 Å². The van der Waals surface area contributed by atoms with Crippen LogP contribution in [0.5, 0.6) is 0 Å². The molecule has 0 radical (unpaired) electrons. The zero-order valence-electron chi connectivity index (χ0n) is 17.5. The number of halogens is 1. The lowest BCUT2D eigenvalue weighted by atomic mass is 10.1. The Hall–Kier alpha value is -3.20. The maximum Gasteiger partial charge on any atom is 0.255 e. The van der Waals surface area contributed by atoms with Gasteiger partial charge >= 0.3 is 0 Å². The van der Waals surface area contributed by atoms with Crippen LogP contribution in [0.4, 0.5) is 15.8 Å². The number of benzene rings is 2. The van der Waals surface area contributed by atoms with Crippen LogP contribution in [0.3, 0.4) is 0 Å². The Bertz CT molecular complexity index is 1230. The summed E-state index contributed by atoms with van der Waals surface area (Å²) in [6.45, 7) is 2.59. The zero-order valence-corrected chi connectivity index (χ0v) is 18.3. The highest BCUT2D eigenvalue weighted by atomic mass is 32.2. The Morgan fingerprint density at radius 1 is 1.19 bits per heavy atom. The van der Waals surface area contributed by atoms with E-state index >= 15 is 0 Å². The summed E-state index contributed by atoms with van der Waals surface area (Å²) in [7, 11) is 0. The molecule has 2 N–H and O–H groups in total. The number of carbonyl (C=O) groups is 2. The summed E-state index contributed by atoms with van der Waals surface area (Å²) >= 11 is 1.46. The molecule has 1 unspecified atom stereocenters. The molecule has 5 rings (SSSR count). The van der Waals surface area contributed by atoms with Crippen molar-refractivity contribution < 1.29 is 14.0 Å². The first-order chi connectivity index (χ1) is 15.5. The van der Waals surface area contributed by atoms with E-state index in [1.165, 1.54) is 23.9 Å². The van der Waals surface area contributed by atoms with Crippen molar-refractivity contribution >= 4 is 35.0 Å². The largest absolute Gasteiger partial charge is 0.324 e. The molecule has 1 atom stereocenters. The SMILES string of the molecule is CC1Sc2ccc(C(=O)Nc3ccc(F)c(-c4nnc5n4CCCCC5)c3)cc2NC1=O. The molecule has 2 aliphatic heterocycles. The minimum atomic E-state index is -0.412. The summed E-state index contributed by atoms with van der Waals surface area (Å²) in [5.41, 5.74) is 1.80. The van der Waals surface area contributed by atoms with Crippen LogP contribution in [0.25, 0.3) is 11.4 Å². The number of fused-ring (bicyclic) bond motifs is 2. The normalized spacial score (nSPS) is 17.7. The third-order valence-corrected chi connectivity index (χ3v) is 6.92. The fourth-order valence-corrected chi connectivity index (χ4v) is 4.94. The van der Waals surface area contributed by atoms with E-state index in [0.29, 0.717) is 28.3 Å². The first kappa shape index (κ1) is 20.7. The molecular weight excluding hydrogens is 429 g/mol. The predicted molar refractivity (Wildman–Crippen MR) is 121 cm³/mol. The first-order valence-corrected chi connectivity index (χ1v) is 11.5. The molecule has 7 nitrogen and oxygen atoms in total. The third-order valence-electron chi connectivity index (χ3n) is 5.75. The maximum absolute atomic E-state index is 14.7. The Morgan fingerprint density at radius 3 is 2.94 bits per heavy atom. The molecule has 2 aliphatic rings. The highest BCUT2D eigenvalue weighted by molar-refractivity contribution is 8.00. The molecule has 9 heteroatoms. The van der Waals surface area contributed by atoms with Gasteiger partial charge in [0.05, 0.1) is 16.5 Å². The second-order valence-electron chi connectivity index (χ2n) is 8.01. The molecule has 0 saturated heterocycles. The Balaban J connectivity index is 1.40. The van der Waals surface area contributed by atoms with E-state index in [0.717, 1.165) is 42.9 Å². The number of thioether (sulfide) groups is 1. The van der Waals surface area contributed by atoms with Crippen LogP contribution >= 0.6 is 11.8 Å². The second kappa shape index (κ2) is 8.38. The van der Waals surface area contributed by atoms with Crippen LogP contribution in [0.2, 0.25) is 0 Å². The van der Waals surface area contributed by atoms with Crippen molar-refractivity contribution in [2.75, 3.05) is 10.6 Å². The number of amides is 2. The number of carbonyl (C=O) groups excluding carboxylic acids is 2. The molecule has 1 aromatic heterocycles. The van der Waals surface area contributed by atoms with Gasteiger partial charge < -0.3 is 15.2 Å². The molecule has 3 heterocycles. The fourth-order valence-electron chi connectivity index (χ4n) is 4.01. The van der Waals surface area contributed by atoms with E-state index < -0.39 is 5.82 Å². The van der Waals surface area contributed by atoms with Crippen LogP contribution < -0.4 is 10.6 Å². The van der Waals surface area contributed by atoms with Gasteiger partial charge in [0.1, 0.15) is 11.6 Å². The molecule has 2 amide bonds. The van der Waals surface area contributed by atoms with E-state index in [-0.39, 0.29) is 17.1 Å². The molecule has 0 aliphatic carbocycles. The number of aryl methyl sites for hydroxylation is 1. The van der Waals surface area contributed by atoms with Crippen molar-refractivity contribution in [3.63, 3.8) is 0 Å². The first-order valence-electron chi connectivity index (χ1n) is 10.6. The highest BCUT2D eigenvalue weighted by Gasteiger charge is 2.24. The van der Waals surface area contributed by atoms with Crippen molar-refractivity contribution in [2.24, 2.45) is 0 Å². The summed E-state index contributed by atoms with van der Waals surface area (Å²) in [5, 5.41) is 14.0. The number of hydrogen-bond acceptors (Lipinski definition) is 5. The Kier molecular flexibility index (Phi) is 5.42. The van der Waals surface area contributed by atoms with Gasteiger partial charge in [-0.1, -0.05) is 6.42 Å². The van der Waals surface area contributed by atoms with Crippen LogP contribution in [0.1, 0.15) is 42.4 Å². The quantitative estimate of drug-likeness (QED) is 0.612. The number of nitrogens with one attached hydrogen (secondary N) is 2. The Morgan fingerprint density at radius 2 is 2.06 bits per heavy atom. The van der Waals surface area contributed by atoms with E-state index in [9.17, 15) is 14.0 Å². The third kappa shape index (κ3) is 3.88. The molecule has 3 aromatic rings. The van der Waals surface area contributed by atoms with Gasteiger partial charge in [0.15, 0.2) is 5.82 Å². The van der Waals surface area contributed by atoms with Gasteiger partial charge in [0.25, 0.3) is 5.91 Å². The maximum atomic E-state index is 14.7. The van der Waals surface area contributed by atoms with E-state index in [4.69, 9.17) is 0 Å². The summed E-state index contributed by atoms with van der Waals surface area (Å²) in [6.07, 6.45) is 3.99. The van der Waals surface area contributed by atoms with Gasteiger partial charge in [-0.25, -0.2) is 4.39 Å². The molecule has 0 saturated carbocycles. The Labute approximate surface area is 188 Å². The number of hydrogen-bond donors (Lipinski definition) is 2. The molecule has 164 valence electrons. The number of rotatable bonds is 3. The minimum absolute atomic E-state index is 0.0873. The molecular formula is C23H22FN5O2S. The van der Waals surface area contributed by atoms with Gasteiger partial charge in [0, 0.05) is 29.1 Å².